The first kappa shape index (κ1) is 21.7. The van der Waals surface area contributed by atoms with Crippen molar-refractivity contribution < 1.29 is 9.21 Å². The largest absolute Gasteiger partial charge is 0.461 e. The smallest absolute Gasteiger partial charge is 0.225 e. The zero-order chi connectivity index (χ0) is 21.5. The second-order valence-corrected chi connectivity index (χ2v) is 9.13. The summed E-state index contributed by atoms with van der Waals surface area (Å²) in [4.78, 5) is 23.9. The van der Waals surface area contributed by atoms with E-state index in [4.69, 9.17) is 4.42 Å². The Bertz CT molecular complexity index is 853. The Balaban J connectivity index is 1.28. The third-order valence-electron chi connectivity index (χ3n) is 5.74. The summed E-state index contributed by atoms with van der Waals surface area (Å²) in [5.74, 6) is 5.28. The molecule has 0 bridgehead atoms. The lowest BCUT2D eigenvalue weighted by molar-refractivity contribution is -0.136. The molecule has 1 saturated carbocycles. The number of nitrogens with zero attached hydrogens (tertiary/aromatic N) is 4. The van der Waals surface area contributed by atoms with Crippen molar-refractivity contribution in [3.63, 3.8) is 0 Å². The van der Waals surface area contributed by atoms with E-state index >= 15 is 0 Å². The molecule has 4 rings (SSSR count). The van der Waals surface area contributed by atoms with Gasteiger partial charge in [0.25, 0.3) is 0 Å². The summed E-state index contributed by atoms with van der Waals surface area (Å²) in [6.45, 7) is 5.03. The van der Waals surface area contributed by atoms with Gasteiger partial charge in [0.1, 0.15) is 12.4 Å². The standard InChI is InChI=1S/C21H31N7O2S/c1-2-22-21(23-14-18-25-19(27-26-18)17-4-3-11-30-17)24-16-7-5-15(6-8-16)20(29)28-9-12-31-13-10-28/h3-4,11,15-16H,2,5-10,12-14H2,1H3,(H2,22,23,24)(H,25,26,27). The third kappa shape index (κ3) is 5.81. The molecule has 2 aliphatic rings. The molecule has 2 aromatic rings. The summed E-state index contributed by atoms with van der Waals surface area (Å²) in [5, 5.41) is 13.9. The van der Waals surface area contributed by atoms with Gasteiger partial charge in [-0.25, -0.2) is 9.98 Å². The molecule has 0 aromatic carbocycles. The number of hydrogen-bond acceptors (Lipinski definition) is 6. The van der Waals surface area contributed by atoms with Gasteiger partial charge in [-0.2, -0.15) is 11.8 Å². The SMILES string of the molecule is CCNC(=NCc1nc(-c2ccco2)n[nH]1)NC1CCC(C(=O)N2CCSCC2)CC1. The number of rotatable bonds is 6. The predicted octanol–water partition coefficient (Wildman–Crippen LogP) is 2.25. The molecule has 0 unspecified atom stereocenters. The summed E-state index contributed by atoms with van der Waals surface area (Å²) in [5.41, 5.74) is 0. The molecular formula is C21H31N7O2S. The zero-order valence-corrected chi connectivity index (χ0v) is 18.8. The maximum atomic E-state index is 12.8. The van der Waals surface area contributed by atoms with Gasteiger partial charge in [-0.05, 0) is 44.7 Å². The van der Waals surface area contributed by atoms with E-state index in [1.165, 1.54) is 0 Å². The number of guanidine groups is 1. The molecule has 1 aliphatic carbocycles. The molecule has 3 heterocycles. The molecule has 168 valence electrons. The topological polar surface area (TPSA) is 111 Å². The van der Waals surface area contributed by atoms with Crippen molar-refractivity contribution in [2.75, 3.05) is 31.1 Å². The summed E-state index contributed by atoms with van der Waals surface area (Å²) in [6.07, 6.45) is 5.44. The minimum atomic E-state index is 0.176. The molecule has 31 heavy (non-hydrogen) atoms. The molecule has 1 aliphatic heterocycles. The van der Waals surface area contributed by atoms with Crippen LogP contribution in [0.25, 0.3) is 11.6 Å². The van der Waals surface area contributed by atoms with E-state index in [0.29, 0.717) is 35.9 Å². The van der Waals surface area contributed by atoms with Crippen molar-refractivity contribution in [2.45, 2.75) is 45.2 Å². The average molecular weight is 446 g/mol. The number of thioether (sulfide) groups is 1. The van der Waals surface area contributed by atoms with Crippen molar-refractivity contribution in [1.29, 1.82) is 0 Å². The summed E-state index contributed by atoms with van der Waals surface area (Å²) in [6, 6.07) is 3.96. The number of aromatic amines is 1. The number of aliphatic imine (C=N–C) groups is 1. The number of carbonyl (C=O) groups is 1. The summed E-state index contributed by atoms with van der Waals surface area (Å²) < 4.78 is 5.33. The van der Waals surface area contributed by atoms with Crippen LogP contribution in [0.2, 0.25) is 0 Å². The first-order valence-electron chi connectivity index (χ1n) is 11.1. The van der Waals surface area contributed by atoms with E-state index in [2.05, 4.69) is 35.7 Å². The highest BCUT2D eigenvalue weighted by Crippen LogP contribution is 2.27. The van der Waals surface area contributed by atoms with Gasteiger partial charge in [0, 0.05) is 43.1 Å². The Labute approximate surface area is 186 Å². The van der Waals surface area contributed by atoms with E-state index in [9.17, 15) is 4.79 Å². The zero-order valence-electron chi connectivity index (χ0n) is 18.0. The van der Waals surface area contributed by atoms with Gasteiger partial charge < -0.3 is 20.0 Å². The van der Waals surface area contributed by atoms with Crippen molar-refractivity contribution in [2.24, 2.45) is 10.9 Å². The average Bonchev–Trinajstić information content (AvgIpc) is 3.50. The molecule has 3 N–H and O–H groups in total. The van der Waals surface area contributed by atoms with Gasteiger partial charge in [0.15, 0.2) is 11.7 Å². The fraction of sp³-hybridized carbons (Fsp3) is 0.619. The summed E-state index contributed by atoms with van der Waals surface area (Å²) >= 11 is 1.94. The summed E-state index contributed by atoms with van der Waals surface area (Å²) in [7, 11) is 0. The van der Waals surface area contributed by atoms with Crippen LogP contribution in [0.15, 0.2) is 27.8 Å². The molecule has 0 atom stereocenters. The Hall–Kier alpha value is -2.49. The van der Waals surface area contributed by atoms with Crippen molar-refractivity contribution in [3.8, 4) is 11.6 Å². The van der Waals surface area contributed by atoms with Crippen LogP contribution in [0.5, 0.6) is 0 Å². The maximum Gasteiger partial charge on any atom is 0.225 e. The Morgan fingerprint density at radius 3 is 2.84 bits per heavy atom. The van der Waals surface area contributed by atoms with Gasteiger partial charge in [-0.15, -0.1) is 5.10 Å². The van der Waals surface area contributed by atoms with Crippen molar-refractivity contribution >= 4 is 23.6 Å². The molecular weight excluding hydrogens is 414 g/mol. The van der Waals surface area contributed by atoms with Gasteiger partial charge in [-0.1, -0.05) is 0 Å². The molecule has 1 amide bonds. The molecule has 2 fully saturated rings. The van der Waals surface area contributed by atoms with Gasteiger partial charge >= 0.3 is 0 Å². The predicted molar refractivity (Wildman–Crippen MR) is 122 cm³/mol. The molecule has 10 heteroatoms. The normalized spacial score (nSPS) is 22.4. The van der Waals surface area contributed by atoms with Crippen LogP contribution in [-0.4, -0.2) is 69.1 Å². The number of nitrogens with one attached hydrogen (secondary N) is 3. The minimum Gasteiger partial charge on any atom is -0.461 e. The fourth-order valence-electron chi connectivity index (χ4n) is 4.08. The van der Waals surface area contributed by atoms with Gasteiger partial charge in [-0.3, -0.25) is 9.89 Å². The number of aromatic nitrogens is 3. The lowest BCUT2D eigenvalue weighted by Gasteiger charge is -2.34. The highest BCUT2D eigenvalue weighted by Gasteiger charge is 2.30. The number of carbonyl (C=O) groups excluding carboxylic acids is 1. The van der Waals surface area contributed by atoms with E-state index in [1.54, 1.807) is 6.26 Å². The second kappa shape index (κ2) is 10.7. The van der Waals surface area contributed by atoms with Crippen molar-refractivity contribution in [3.05, 3.63) is 24.2 Å². The van der Waals surface area contributed by atoms with Crippen molar-refractivity contribution in [1.82, 2.24) is 30.7 Å². The first-order valence-corrected chi connectivity index (χ1v) is 12.2. The number of furan rings is 1. The number of amides is 1. The van der Waals surface area contributed by atoms with E-state index < -0.39 is 0 Å². The van der Waals surface area contributed by atoms with E-state index in [1.807, 2.05) is 30.8 Å². The number of hydrogen-bond donors (Lipinski definition) is 3. The van der Waals surface area contributed by atoms with Crippen LogP contribution < -0.4 is 10.6 Å². The molecule has 9 nitrogen and oxygen atoms in total. The maximum absolute atomic E-state index is 12.8. The van der Waals surface area contributed by atoms with Crippen LogP contribution in [-0.2, 0) is 11.3 Å². The number of H-pyrrole nitrogens is 1. The monoisotopic (exact) mass is 445 g/mol. The minimum absolute atomic E-state index is 0.176. The third-order valence-corrected chi connectivity index (χ3v) is 6.69. The molecule has 0 spiro atoms. The fourth-order valence-corrected chi connectivity index (χ4v) is 4.98. The van der Waals surface area contributed by atoms with E-state index in [-0.39, 0.29) is 5.92 Å². The van der Waals surface area contributed by atoms with Gasteiger partial charge in [0.05, 0.1) is 6.26 Å². The van der Waals surface area contributed by atoms with Gasteiger partial charge in [0.2, 0.25) is 11.7 Å². The van der Waals surface area contributed by atoms with Crippen LogP contribution in [0.4, 0.5) is 0 Å². The van der Waals surface area contributed by atoms with Crippen LogP contribution >= 0.6 is 11.8 Å². The molecule has 0 radical (unpaired) electrons. The van der Waals surface area contributed by atoms with Crippen LogP contribution in [0.1, 0.15) is 38.4 Å². The Morgan fingerprint density at radius 2 is 2.13 bits per heavy atom. The Morgan fingerprint density at radius 1 is 1.32 bits per heavy atom. The molecule has 2 aromatic heterocycles. The van der Waals surface area contributed by atoms with Crippen LogP contribution in [0, 0.1) is 5.92 Å². The lowest BCUT2D eigenvalue weighted by atomic mass is 9.85. The highest BCUT2D eigenvalue weighted by molar-refractivity contribution is 7.99. The van der Waals surface area contributed by atoms with E-state index in [0.717, 1.165) is 62.8 Å². The highest BCUT2D eigenvalue weighted by atomic mass is 32.2. The van der Waals surface area contributed by atoms with Crippen LogP contribution in [0.3, 0.4) is 0 Å². The second-order valence-electron chi connectivity index (χ2n) is 7.91. The lowest BCUT2D eigenvalue weighted by Crippen LogP contribution is -2.47. The first-order chi connectivity index (χ1) is 15.2. The molecule has 1 saturated heterocycles. The Kier molecular flexibility index (Phi) is 7.50. The quantitative estimate of drug-likeness (QED) is 0.462.